The number of rotatable bonds is 5. The Morgan fingerprint density at radius 2 is 2.39 bits per heavy atom. The molecule has 1 fully saturated rings. The summed E-state index contributed by atoms with van der Waals surface area (Å²) < 4.78 is 26.8. The predicted octanol–water partition coefficient (Wildman–Crippen LogP) is 0.209. The second kappa shape index (κ2) is 5.73. The molecule has 100 valence electrons. The molecule has 0 amide bonds. The summed E-state index contributed by atoms with van der Waals surface area (Å²) in [4.78, 5) is 7.92. The molecule has 2 N–H and O–H groups in total. The number of aromatic nitrogens is 2. The summed E-state index contributed by atoms with van der Waals surface area (Å²) in [6.07, 6.45) is 6.63. The molecule has 0 saturated carbocycles. The highest BCUT2D eigenvalue weighted by Gasteiger charge is 2.25. The molecule has 2 atom stereocenters. The lowest BCUT2D eigenvalue weighted by molar-refractivity contribution is 0.543. The third-order valence-corrected chi connectivity index (χ3v) is 4.90. The number of sulfonamides is 1. The van der Waals surface area contributed by atoms with E-state index in [1.165, 1.54) is 18.6 Å². The average Bonchev–Trinajstić information content (AvgIpc) is 2.90. The van der Waals surface area contributed by atoms with Crippen LogP contribution in [0.25, 0.3) is 0 Å². The topological polar surface area (TPSA) is 84.0 Å². The molecule has 18 heavy (non-hydrogen) atoms. The standard InChI is InChI=1S/C11H18N4O2S/c1-9(11-8-12-5-6-14-11)18(16,17)15-7-10-3-2-4-13-10/h5-6,8-10,13,15H,2-4,7H2,1H3/t9-,10-/m1/s1. The number of hydrogen-bond donors (Lipinski definition) is 2. The zero-order valence-corrected chi connectivity index (χ0v) is 11.2. The van der Waals surface area contributed by atoms with Crippen LogP contribution in [0.15, 0.2) is 18.6 Å². The Bertz CT molecular complexity index is 471. The lowest BCUT2D eigenvalue weighted by Gasteiger charge is -2.16. The van der Waals surface area contributed by atoms with Gasteiger partial charge in [-0.2, -0.15) is 0 Å². The highest BCUT2D eigenvalue weighted by molar-refractivity contribution is 7.89. The van der Waals surface area contributed by atoms with Crippen LogP contribution in [-0.2, 0) is 10.0 Å². The maximum atomic E-state index is 12.1. The molecule has 0 aliphatic carbocycles. The van der Waals surface area contributed by atoms with E-state index in [0.29, 0.717) is 12.2 Å². The molecular weight excluding hydrogens is 252 g/mol. The van der Waals surface area contributed by atoms with Gasteiger partial charge in [0.25, 0.3) is 0 Å². The zero-order chi connectivity index (χ0) is 13.0. The molecule has 1 aromatic rings. The molecule has 1 saturated heterocycles. The second-order valence-electron chi connectivity index (χ2n) is 4.46. The van der Waals surface area contributed by atoms with E-state index in [1.54, 1.807) is 6.92 Å². The fourth-order valence-corrected chi connectivity index (χ4v) is 3.08. The van der Waals surface area contributed by atoms with Gasteiger partial charge in [0.05, 0.1) is 5.69 Å². The summed E-state index contributed by atoms with van der Waals surface area (Å²) in [7, 11) is -3.39. The fourth-order valence-electron chi connectivity index (χ4n) is 1.95. The summed E-state index contributed by atoms with van der Waals surface area (Å²) in [5, 5.41) is 2.57. The van der Waals surface area contributed by atoms with Crippen molar-refractivity contribution in [1.29, 1.82) is 0 Å². The fraction of sp³-hybridized carbons (Fsp3) is 0.636. The molecule has 1 aliphatic heterocycles. The molecule has 0 aromatic carbocycles. The zero-order valence-electron chi connectivity index (χ0n) is 10.3. The first-order valence-corrected chi connectivity index (χ1v) is 7.62. The third kappa shape index (κ3) is 3.24. The molecule has 2 heterocycles. The van der Waals surface area contributed by atoms with E-state index in [9.17, 15) is 8.42 Å². The first-order valence-electron chi connectivity index (χ1n) is 6.07. The van der Waals surface area contributed by atoms with Gasteiger partial charge in [0.2, 0.25) is 10.0 Å². The maximum absolute atomic E-state index is 12.1. The van der Waals surface area contributed by atoms with Gasteiger partial charge in [-0.1, -0.05) is 0 Å². The van der Waals surface area contributed by atoms with Crippen molar-refractivity contribution in [2.24, 2.45) is 0 Å². The van der Waals surface area contributed by atoms with Crippen LogP contribution in [0.1, 0.15) is 30.7 Å². The van der Waals surface area contributed by atoms with Crippen LogP contribution >= 0.6 is 0 Å². The highest BCUT2D eigenvalue weighted by Crippen LogP contribution is 2.17. The van der Waals surface area contributed by atoms with Gasteiger partial charge in [0, 0.05) is 31.2 Å². The molecule has 1 aliphatic rings. The quantitative estimate of drug-likeness (QED) is 0.799. The van der Waals surface area contributed by atoms with Crippen LogP contribution in [0.2, 0.25) is 0 Å². The molecule has 0 bridgehead atoms. The second-order valence-corrected chi connectivity index (χ2v) is 6.55. The Labute approximate surface area is 107 Å². The molecule has 0 unspecified atom stereocenters. The monoisotopic (exact) mass is 270 g/mol. The van der Waals surface area contributed by atoms with Crippen LogP contribution in [0.5, 0.6) is 0 Å². The van der Waals surface area contributed by atoms with Gasteiger partial charge in [0.1, 0.15) is 5.25 Å². The van der Waals surface area contributed by atoms with Gasteiger partial charge >= 0.3 is 0 Å². The van der Waals surface area contributed by atoms with Crippen molar-refractivity contribution in [2.75, 3.05) is 13.1 Å². The Morgan fingerprint density at radius 1 is 1.56 bits per heavy atom. The molecule has 6 nitrogen and oxygen atoms in total. The van der Waals surface area contributed by atoms with Gasteiger partial charge < -0.3 is 5.32 Å². The summed E-state index contributed by atoms with van der Waals surface area (Å²) in [6, 6.07) is 0.244. The summed E-state index contributed by atoms with van der Waals surface area (Å²) in [6.45, 7) is 3.02. The molecule has 1 aromatic heterocycles. The van der Waals surface area contributed by atoms with Gasteiger partial charge in [-0.05, 0) is 26.3 Å². The lowest BCUT2D eigenvalue weighted by Crippen LogP contribution is -2.38. The van der Waals surface area contributed by atoms with Crippen LogP contribution in [0, 0.1) is 0 Å². The SMILES string of the molecule is C[C@H](c1cnccn1)S(=O)(=O)NC[C@H]1CCCN1. The molecule has 2 rings (SSSR count). The van der Waals surface area contributed by atoms with Crippen LogP contribution < -0.4 is 10.0 Å². The molecule has 0 spiro atoms. The van der Waals surface area contributed by atoms with Crippen molar-refractivity contribution >= 4 is 10.0 Å². The van der Waals surface area contributed by atoms with E-state index in [4.69, 9.17) is 0 Å². The smallest absolute Gasteiger partial charge is 0.220 e. The van der Waals surface area contributed by atoms with E-state index < -0.39 is 15.3 Å². The summed E-state index contributed by atoms with van der Waals surface area (Å²) in [5.41, 5.74) is 0.462. The van der Waals surface area contributed by atoms with Gasteiger partial charge in [-0.15, -0.1) is 0 Å². The van der Waals surface area contributed by atoms with Gasteiger partial charge in [-0.25, -0.2) is 13.1 Å². The Kier molecular flexibility index (Phi) is 4.26. The van der Waals surface area contributed by atoms with Crippen molar-refractivity contribution < 1.29 is 8.42 Å². The normalized spacial score (nSPS) is 21.9. The van der Waals surface area contributed by atoms with Crippen LogP contribution in [0.4, 0.5) is 0 Å². The molecular formula is C11H18N4O2S. The molecule has 0 radical (unpaired) electrons. The van der Waals surface area contributed by atoms with E-state index in [1.807, 2.05) is 0 Å². The number of hydrogen-bond acceptors (Lipinski definition) is 5. The number of nitrogens with one attached hydrogen (secondary N) is 2. The van der Waals surface area contributed by atoms with Crippen LogP contribution in [-0.4, -0.2) is 37.5 Å². The van der Waals surface area contributed by atoms with Crippen molar-refractivity contribution in [3.63, 3.8) is 0 Å². The van der Waals surface area contributed by atoms with Crippen molar-refractivity contribution in [3.8, 4) is 0 Å². The Hall–Kier alpha value is -1.05. The summed E-state index contributed by atoms with van der Waals surface area (Å²) in [5.74, 6) is 0. The van der Waals surface area contributed by atoms with Crippen LogP contribution in [0.3, 0.4) is 0 Å². The van der Waals surface area contributed by atoms with E-state index in [-0.39, 0.29) is 6.04 Å². The third-order valence-electron chi connectivity index (χ3n) is 3.16. The highest BCUT2D eigenvalue weighted by atomic mass is 32.2. The first kappa shape index (κ1) is 13.4. The summed E-state index contributed by atoms with van der Waals surface area (Å²) >= 11 is 0. The molecule has 7 heteroatoms. The minimum atomic E-state index is -3.39. The minimum Gasteiger partial charge on any atom is -0.313 e. The first-order chi connectivity index (χ1) is 8.59. The van der Waals surface area contributed by atoms with Crippen molar-refractivity contribution in [3.05, 3.63) is 24.3 Å². The van der Waals surface area contributed by atoms with Gasteiger partial charge in [-0.3, -0.25) is 9.97 Å². The minimum absolute atomic E-state index is 0.244. The lowest BCUT2D eigenvalue weighted by atomic mass is 10.2. The van der Waals surface area contributed by atoms with Crippen molar-refractivity contribution in [2.45, 2.75) is 31.1 Å². The average molecular weight is 270 g/mol. The maximum Gasteiger partial charge on any atom is 0.220 e. The van der Waals surface area contributed by atoms with E-state index in [2.05, 4.69) is 20.0 Å². The van der Waals surface area contributed by atoms with Gasteiger partial charge in [0.15, 0.2) is 0 Å². The Balaban J connectivity index is 1.97. The van der Waals surface area contributed by atoms with E-state index in [0.717, 1.165) is 19.4 Å². The number of nitrogens with zero attached hydrogens (tertiary/aromatic N) is 2. The largest absolute Gasteiger partial charge is 0.313 e. The Morgan fingerprint density at radius 3 is 3.00 bits per heavy atom. The van der Waals surface area contributed by atoms with Crippen molar-refractivity contribution in [1.82, 2.24) is 20.0 Å². The predicted molar refractivity (Wildman–Crippen MR) is 68.4 cm³/mol. The van der Waals surface area contributed by atoms with E-state index >= 15 is 0 Å².